The zero-order valence-corrected chi connectivity index (χ0v) is 17.4. The Kier molecular flexibility index (Phi) is 4.70. The number of pyridine rings is 2. The van der Waals surface area contributed by atoms with Gasteiger partial charge in [-0.25, -0.2) is 0 Å². The zero-order chi connectivity index (χ0) is 23.2. The van der Waals surface area contributed by atoms with Crippen molar-refractivity contribution in [1.82, 2.24) is 9.97 Å². The number of benzene rings is 2. The third-order valence-corrected chi connectivity index (χ3v) is 6.18. The minimum absolute atomic E-state index is 0.170. The van der Waals surface area contributed by atoms with Gasteiger partial charge in [0.2, 0.25) is 11.8 Å². The lowest BCUT2D eigenvalue weighted by atomic mass is 9.97. The smallest absolute Gasteiger partial charge is 0.255 e. The highest BCUT2D eigenvalue weighted by Gasteiger charge is 2.64. The van der Waals surface area contributed by atoms with Gasteiger partial charge >= 0.3 is 0 Å². The number of carbonyl (C=O) groups is 2. The van der Waals surface area contributed by atoms with E-state index in [2.05, 4.69) is 9.97 Å². The summed E-state index contributed by atoms with van der Waals surface area (Å²) in [6.45, 7) is 0. The Bertz CT molecular complexity index is 1450. The van der Waals surface area contributed by atoms with Crippen LogP contribution in [0.1, 0.15) is 17.9 Å². The molecular formula is C25H20N4O4. The highest BCUT2D eigenvalue weighted by Crippen LogP contribution is 2.59. The first-order valence-corrected chi connectivity index (χ1v) is 10.3. The lowest BCUT2D eigenvalue weighted by Crippen LogP contribution is -2.38. The summed E-state index contributed by atoms with van der Waals surface area (Å²) < 4.78 is 6.07. The number of nitrogens with zero attached hydrogens (tertiary/aromatic N) is 1. The molecule has 1 aliphatic carbocycles. The van der Waals surface area contributed by atoms with Crippen molar-refractivity contribution in [1.29, 1.82) is 0 Å². The average molecular weight is 440 g/mol. The Hall–Kier alpha value is -4.46. The Balaban J connectivity index is 1.41. The van der Waals surface area contributed by atoms with Crippen molar-refractivity contribution in [2.45, 2.75) is 12.3 Å². The van der Waals surface area contributed by atoms with Crippen molar-refractivity contribution in [3.8, 4) is 22.6 Å². The molecule has 1 fully saturated rings. The number of hydrogen-bond acceptors (Lipinski definition) is 5. The minimum atomic E-state index is -1.30. The normalized spacial score (nSPS) is 16.3. The van der Waals surface area contributed by atoms with Crippen LogP contribution in [-0.2, 0) is 9.59 Å². The molecule has 2 heterocycles. The fourth-order valence-electron chi connectivity index (χ4n) is 4.25. The van der Waals surface area contributed by atoms with Gasteiger partial charge in [0.05, 0.1) is 5.52 Å². The Morgan fingerprint density at radius 2 is 1.79 bits per heavy atom. The average Bonchev–Trinajstić information content (AvgIpc) is 3.57. The number of hydrogen-bond donors (Lipinski definition) is 3. The molecule has 1 atom stereocenters. The summed E-state index contributed by atoms with van der Waals surface area (Å²) >= 11 is 0. The maximum Gasteiger partial charge on any atom is 0.255 e. The molecule has 5 rings (SSSR count). The van der Waals surface area contributed by atoms with Crippen LogP contribution in [0, 0.1) is 5.41 Å². The molecule has 0 saturated heterocycles. The second kappa shape index (κ2) is 7.59. The molecule has 2 aromatic heterocycles. The molecule has 1 unspecified atom stereocenters. The third-order valence-electron chi connectivity index (χ3n) is 6.18. The standard InChI is InChI=1S/C25H20N4O4/c26-23(31)25(24(27)32)13-19(25)14-3-6-16(7-4-14)33-21-9-11-28-20-12-15(5-8-18(20)21)17-2-1-10-29-22(17)30/h1-12,19H,13H2,(H2,26,31)(H2,27,32)(H,29,30). The van der Waals surface area contributed by atoms with Crippen molar-refractivity contribution >= 4 is 22.7 Å². The largest absolute Gasteiger partial charge is 0.457 e. The van der Waals surface area contributed by atoms with Crippen LogP contribution in [0.5, 0.6) is 11.5 Å². The molecule has 5 N–H and O–H groups in total. The van der Waals surface area contributed by atoms with Gasteiger partial charge in [-0.15, -0.1) is 0 Å². The van der Waals surface area contributed by atoms with Crippen molar-refractivity contribution in [2.75, 3.05) is 0 Å². The topological polar surface area (TPSA) is 141 Å². The number of nitrogens with two attached hydrogens (primary N) is 2. The molecule has 0 bridgehead atoms. The number of aromatic nitrogens is 2. The molecular weight excluding hydrogens is 420 g/mol. The van der Waals surface area contributed by atoms with Gasteiger partial charge in [0.25, 0.3) is 5.56 Å². The van der Waals surface area contributed by atoms with Gasteiger partial charge in [0.1, 0.15) is 16.9 Å². The Labute approximate surface area is 188 Å². The summed E-state index contributed by atoms with van der Waals surface area (Å²) in [5.41, 5.74) is 12.2. The lowest BCUT2D eigenvalue weighted by molar-refractivity contribution is -0.133. The van der Waals surface area contributed by atoms with Gasteiger partial charge in [-0.3, -0.25) is 19.4 Å². The maximum atomic E-state index is 12.1. The molecule has 4 aromatic rings. The van der Waals surface area contributed by atoms with Crippen LogP contribution in [0.4, 0.5) is 0 Å². The number of carbonyl (C=O) groups excluding carboxylic acids is 2. The maximum absolute atomic E-state index is 12.1. The number of aromatic amines is 1. The number of ether oxygens (including phenoxy) is 1. The van der Waals surface area contributed by atoms with E-state index in [4.69, 9.17) is 16.2 Å². The summed E-state index contributed by atoms with van der Waals surface area (Å²) in [6.07, 6.45) is 3.55. The van der Waals surface area contributed by atoms with Crippen molar-refractivity contribution in [2.24, 2.45) is 16.9 Å². The van der Waals surface area contributed by atoms with E-state index in [1.165, 1.54) is 0 Å². The summed E-state index contributed by atoms with van der Waals surface area (Å²) in [4.78, 5) is 42.7. The fraction of sp³-hybridized carbons (Fsp3) is 0.120. The molecule has 0 aliphatic heterocycles. The second-order valence-electron chi connectivity index (χ2n) is 8.08. The van der Waals surface area contributed by atoms with Crippen LogP contribution in [0.2, 0.25) is 0 Å². The molecule has 33 heavy (non-hydrogen) atoms. The summed E-state index contributed by atoms with van der Waals surface area (Å²) in [6, 6.07) is 18.0. The van der Waals surface area contributed by atoms with E-state index in [9.17, 15) is 14.4 Å². The van der Waals surface area contributed by atoms with E-state index in [-0.39, 0.29) is 11.5 Å². The number of fused-ring (bicyclic) bond motifs is 1. The van der Waals surface area contributed by atoms with Gasteiger partial charge < -0.3 is 21.2 Å². The number of nitrogens with one attached hydrogen (secondary N) is 1. The van der Waals surface area contributed by atoms with Crippen molar-refractivity contribution < 1.29 is 14.3 Å². The number of rotatable bonds is 6. The van der Waals surface area contributed by atoms with Crippen molar-refractivity contribution in [3.63, 3.8) is 0 Å². The fourth-order valence-corrected chi connectivity index (χ4v) is 4.25. The Morgan fingerprint density at radius 3 is 2.45 bits per heavy atom. The van der Waals surface area contributed by atoms with E-state index in [1.807, 2.05) is 18.2 Å². The molecule has 1 saturated carbocycles. The van der Waals surface area contributed by atoms with Crippen LogP contribution < -0.4 is 21.8 Å². The van der Waals surface area contributed by atoms with E-state index in [0.29, 0.717) is 29.0 Å². The zero-order valence-electron chi connectivity index (χ0n) is 17.4. The van der Waals surface area contributed by atoms with E-state index in [1.54, 1.807) is 54.9 Å². The molecule has 0 spiro atoms. The first-order chi connectivity index (χ1) is 15.9. The first kappa shape index (κ1) is 20.4. The van der Waals surface area contributed by atoms with Gasteiger partial charge in [-0.2, -0.15) is 0 Å². The summed E-state index contributed by atoms with van der Waals surface area (Å²) in [5, 5.41) is 0.793. The molecule has 2 aromatic carbocycles. The van der Waals surface area contributed by atoms with Crippen LogP contribution in [0.25, 0.3) is 22.0 Å². The predicted molar refractivity (Wildman–Crippen MR) is 122 cm³/mol. The van der Waals surface area contributed by atoms with Crippen LogP contribution in [0.3, 0.4) is 0 Å². The van der Waals surface area contributed by atoms with Crippen molar-refractivity contribution in [3.05, 3.63) is 89.0 Å². The van der Waals surface area contributed by atoms with E-state index >= 15 is 0 Å². The van der Waals surface area contributed by atoms with Gasteiger partial charge in [-0.1, -0.05) is 18.2 Å². The van der Waals surface area contributed by atoms with Crippen LogP contribution >= 0.6 is 0 Å². The van der Waals surface area contributed by atoms with Crippen LogP contribution in [0.15, 0.2) is 77.9 Å². The predicted octanol–water partition coefficient (Wildman–Crippen LogP) is 2.83. The Morgan fingerprint density at radius 1 is 1.03 bits per heavy atom. The first-order valence-electron chi connectivity index (χ1n) is 10.3. The van der Waals surface area contributed by atoms with E-state index in [0.717, 1.165) is 16.5 Å². The highest BCUT2D eigenvalue weighted by atomic mass is 16.5. The number of H-pyrrole nitrogens is 1. The molecule has 0 radical (unpaired) electrons. The third kappa shape index (κ3) is 3.41. The molecule has 1 aliphatic rings. The molecule has 8 heteroatoms. The molecule has 8 nitrogen and oxygen atoms in total. The SMILES string of the molecule is NC(=O)C1(C(N)=O)CC1c1ccc(Oc2ccnc3cc(-c4ccc[nH]c4=O)ccc23)cc1. The second-order valence-corrected chi connectivity index (χ2v) is 8.08. The molecule has 164 valence electrons. The van der Waals surface area contributed by atoms with Crippen LogP contribution in [-0.4, -0.2) is 21.8 Å². The van der Waals surface area contributed by atoms with Gasteiger partial charge in [0, 0.05) is 29.3 Å². The number of amides is 2. The van der Waals surface area contributed by atoms with Gasteiger partial charge in [0.15, 0.2) is 0 Å². The molecule has 2 amide bonds. The van der Waals surface area contributed by atoms with E-state index < -0.39 is 17.2 Å². The summed E-state index contributed by atoms with van der Waals surface area (Å²) in [7, 11) is 0. The monoisotopic (exact) mass is 440 g/mol. The lowest BCUT2D eigenvalue weighted by Gasteiger charge is -2.11. The highest BCUT2D eigenvalue weighted by molar-refractivity contribution is 6.08. The number of primary amides is 2. The quantitative estimate of drug-likeness (QED) is 0.395. The minimum Gasteiger partial charge on any atom is -0.457 e. The summed E-state index contributed by atoms with van der Waals surface area (Å²) in [5.74, 6) is -0.515. The van der Waals surface area contributed by atoms with Gasteiger partial charge in [-0.05, 0) is 60.0 Å².